The fourth-order valence-electron chi connectivity index (χ4n) is 2.55. The molecule has 0 amide bonds. The Morgan fingerprint density at radius 3 is 2.56 bits per heavy atom. The van der Waals surface area contributed by atoms with Crippen molar-refractivity contribution >= 4 is 11.8 Å². The minimum absolute atomic E-state index is 0.566. The van der Waals surface area contributed by atoms with E-state index in [1.165, 1.54) is 11.1 Å². The summed E-state index contributed by atoms with van der Waals surface area (Å²) >= 11 is 1.65. The predicted molar refractivity (Wildman–Crippen MR) is 102 cm³/mol. The van der Waals surface area contributed by atoms with Gasteiger partial charge in [0.1, 0.15) is 0 Å². The van der Waals surface area contributed by atoms with Crippen molar-refractivity contribution in [3.05, 3.63) is 59.7 Å². The second-order valence-corrected chi connectivity index (χ2v) is 6.95. The number of aromatic nitrogens is 3. The van der Waals surface area contributed by atoms with E-state index in [4.69, 9.17) is 5.26 Å². The Hall–Kier alpha value is -2.58. The minimum atomic E-state index is 0.566. The molecule has 0 saturated carbocycles. The largest absolute Gasteiger partial charge is 0.270 e. The van der Waals surface area contributed by atoms with Crippen molar-refractivity contribution in [2.24, 2.45) is 0 Å². The third kappa shape index (κ3) is 3.92. The molecule has 0 radical (unpaired) electrons. The molecular formula is C20H20N4S. The number of nitrogens with zero attached hydrogens (tertiary/aromatic N) is 4. The van der Waals surface area contributed by atoms with Crippen molar-refractivity contribution in [2.45, 2.75) is 31.8 Å². The van der Waals surface area contributed by atoms with Crippen molar-refractivity contribution in [2.75, 3.05) is 5.75 Å². The van der Waals surface area contributed by atoms with Crippen molar-refractivity contribution in [3.8, 4) is 23.1 Å². The molecule has 0 fully saturated rings. The van der Waals surface area contributed by atoms with E-state index in [2.05, 4.69) is 52.9 Å². The summed E-state index contributed by atoms with van der Waals surface area (Å²) in [5, 5.41) is 18.4. The molecule has 1 heterocycles. The lowest BCUT2D eigenvalue weighted by molar-refractivity contribution is 0.878. The van der Waals surface area contributed by atoms with E-state index >= 15 is 0 Å². The number of hydrogen-bond donors (Lipinski definition) is 0. The van der Waals surface area contributed by atoms with Gasteiger partial charge in [0.2, 0.25) is 0 Å². The maximum absolute atomic E-state index is 8.71. The quantitative estimate of drug-likeness (QED) is 0.467. The fraction of sp³-hybridized carbons (Fsp3) is 0.250. The molecular weight excluding hydrogens is 328 g/mol. The molecule has 4 nitrogen and oxygen atoms in total. The van der Waals surface area contributed by atoms with Gasteiger partial charge in [0.25, 0.3) is 0 Å². The van der Waals surface area contributed by atoms with Crippen LogP contribution in [0.3, 0.4) is 0 Å². The molecule has 0 saturated heterocycles. The summed E-state index contributed by atoms with van der Waals surface area (Å²) in [6.07, 6.45) is 1.41. The van der Waals surface area contributed by atoms with E-state index in [0.717, 1.165) is 34.4 Å². The zero-order valence-corrected chi connectivity index (χ0v) is 15.3. The summed E-state index contributed by atoms with van der Waals surface area (Å²) in [7, 11) is 0. The summed E-state index contributed by atoms with van der Waals surface area (Å²) in [5.41, 5.74) is 4.61. The highest BCUT2D eigenvalue weighted by Crippen LogP contribution is 2.29. The maximum Gasteiger partial charge on any atom is 0.196 e. The Labute approximate surface area is 152 Å². The van der Waals surface area contributed by atoms with E-state index in [9.17, 15) is 0 Å². The Bertz CT molecular complexity index is 894. The molecule has 3 aromatic rings. The number of nitriles is 1. The average Bonchev–Trinajstić information content (AvgIpc) is 3.06. The number of hydrogen-bond acceptors (Lipinski definition) is 4. The molecule has 2 aromatic carbocycles. The Morgan fingerprint density at radius 1 is 1.04 bits per heavy atom. The minimum Gasteiger partial charge on any atom is -0.270 e. The maximum atomic E-state index is 8.71. The molecule has 0 unspecified atom stereocenters. The topological polar surface area (TPSA) is 54.5 Å². The van der Waals surface area contributed by atoms with Crippen LogP contribution in [0, 0.1) is 25.2 Å². The third-order valence-electron chi connectivity index (χ3n) is 4.08. The molecule has 0 bridgehead atoms. The van der Waals surface area contributed by atoms with Crippen LogP contribution in [-0.2, 0) is 0 Å². The monoisotopic (exact) mass is 348 g/mol. The zero-order chi connectivity index (χ0) is 17.6. The second-order valence-electron chi connectivity index (χ2n) is 5.89. The molecule has 25 heavy (non-hydrogen) atoms. The lowest BCUT2D eigenvalue weighted by Crippen LogP contribution is -2.01. The highest BCUT2D eigenvalue weighted by molar-refractivity contribution is 7.99. The molecule has 0 spiro atoms. The third-order valence-corrected chi connectivity index (χ3v) is 5.09. The van der Waals surface area contributed by atoms with E-state index < -0.39 is 0 Å². The zero-order valence-electron chi connectivity index (χ0n) is 14.4. The fourth-order valence-corrected chi connectivity index (χ4v) is 3.44. The first kappa shape index (κ1) is 17.2. The first-order valence-electron chi connectivity index (χ1n) is 8.29. The van der Waals surface area contributed by atoms with Crippen molar-refractivity contribution in [1.82, 2.24) is 14.8 Å². The van der Waals surface area contributed by atoms with Crippen molar-refractivity contribution in [1.29, 1.82) is 5.26 Å². The van der Waals surface area contributed by atoms with Gasteiger partial charge in [-0.1, -0.05) is 48.2 Å². The normalized spacial score (nSPS) is 10.6. The average molecular weight is 348 g/mol. The Balaban J connectivity index is 2.03. The van der Waals surface area contributed by atoms with Crippen LogP contribution in [0.15, 0.2) is 53.7 Å². The molecule has 0 aliphatic rings. The number of unbranched alkanes of at least 4 members (excludes halogenated alkanes) is 1. The van der Waals surface area contributed by atoms with Crippen LogP contribution in [0.4, 0.5) is 0 Å². The lowest BCUT2D eigenvalue weighted by atomic mass is 10.1. The van der Waals surface area contributed by atoms with Gasteiger partial charge in [-0.05, 0) is 43.5 Å². The lowest BCUT2D eigenvalue weighted by Gasteiger charge is -2.12. The molecule has 1 aromatic heterocycles. The van der Waals surface area contributed by atoms with Gasteiger partial charge in [-0.25, -0.2) is 0 Å². The Kier molecular flexibility index (Phi) is 5.52. The molecule has 0 atom stereocenters. The number of benzene rings is 2. The van der Waals surface area contributed by atoms with Crippen LogP contribution in [-0.4, -0.2) is 20.5 Å². The smallest absolute Gasteiger partial charge is 0.196 e. The standard InChI is InChI=1S/C20H20N4S/c1-15-10-11-18(14-16(15)2)24-19(17-8-4-3-5-9-17)22-23-20(24)25-13-7-6-12-21/h3-5,8-11,14H,6-7,13H2,1-2H3. The van der Waals surface area contributed by atoms with Gasteiger partial charge in [-0.3, -0.25) is 4.57 Å². The summed E-state index contributed by atoms with van der Waals surface area (Å²) in [4.78, 5) is 0. The van der Waals surface area contributed by atoms with Gasteiger partial charge in [0.05, 0.1) is 11.8 Å². The summed E-state index contributed by atoms with van der Waals surface area (Å²) in [6, 6.07) is 18.7. The summed E-state index contributed by atoms with van der Waals surface area (Å²) in [6.45, 7) is 4.23. The van der Waals surface area contributed by atoms with Crippen molar-refractivity contribution < 1.29 is 0 Å². The van der Waals surface area contributed by atoms with Gasteiger partial charge in [0.15, 0.2) is 11.0 Å². The van der Waals surface area contributed by atoms with Crippen LogP contribution in [0.5, 0.6) is 0 Å². The van der Waals surface area contributed by atoms with Crippen LogP contribution < -0.4 is 0 Å². The van der Waals surface area contributed by atoms with E-state index in [1.54, 1.807) is 11.8 Å². The number of rotatable bonds is 6. The van der Waals surface area contributed by atoms with Crippen molar-refractivity contribution in [3.63, 3.8) is 0 Å². The first-order valence-corrected chi connectivity index (χ1v) is 9.27. The molecule has 5 heteroatoms. The SMILES string of the molecule is Cc1ccc(-n2c(SCCCC#N)nnc2-c2ccccc2)cc1C. The van der Waals surface area contributed by atoms with Crippen LogP contribution in [0.1, 0.15) is 24.0 Å². The van der Waals surface area contributed by atoms with E-state index in [1.807, 2.05) is 30.3 Å². The van der Waals surface area contributed by atoms with Gasteiger partial charge in [0, 0.05) is 17.7 Å². The van der Waals surface area contributed by atoms with E-state index in [0.29, 0.717) is 6.42 Å². The predicted octanol–water partition coefficient (Wildman–Crippen LogP) is 4.95. The van der Waals surface area contributed by atoms with E-state index in [-0.39, 0.29) is 0 Å². The summed E-state index contributed by atoms with van der Waals surface area (Å²) < 4.78 is 2.11. The van der Waals surface area contributed by atoms with Crippen LogP contribution in [0.2, 0.25) is 0 Å². The highest BCUT2D eigenvalue weighted by atomic mass is 32.2. The van der Waals surface area contributed by atoms with Gasteiger partial charge >= 0.3 is 0 Å². The number of thioether (sulfide) groups is 1. The van der Waals surface area contributed by atoms with Gasteiger partial charge in [-0.15, -0.1) is 10.2 Å². The molecule has 126 valence electrons. The second kappa shape index (κ2) is 8.00. The number of aryl methyl sites for hydroxylation is 2. The van der Waals surface area contributed by atoms with Crippen LogP contribution >= 0.6 is 11.8 Å². The highest BCUT2D eigenvalue weighted by Gasteiger charge is 2.16. The molecule has 0 N–H and O–H groups in total. The molecule has 0 aliphatic carbocycles. The molecule has 3 rings (SSSR count). The van der Waals surface area contributed by atoms with Gasteiger partial charge in [-0.2, -0.15) is 5.26 Å². The molecule has 0 aliphatic heterocycles. The first-order chi connectivity index (χ1) is 12.2. The van der Waals surface area contributed by atoms with Gasteiger partial charge < -0.3 is 0 Å². The van der Waals surface area contributed by atoms with Crippen LogP contribution in [0.25, 0.3) is 17.1 Å². The summed E-state index contributed by atoms with van der Waals surface area (Å²) in [5.74, 6) is 1.69. The Morgan fingerprint density at radius 2 is 1.84 bits per heavy atom.